The fourth-order valence-electron chi connectivity index (χ4n) is 2.27. The maximum absolute atomic E-state index is 3.47. The summed E-state index contributed by atoms with van der Waals surface area (Å²) in [5.41, 5.74) is 2.88. The molecule has 0 aliphatic carbocycles. The number of piperidine rings is 1. The van der Waals surface area contributed by atoms with Crippen molar-refractivity contribution in [3.63, 3.8) is 0 Å². The number of benzene rings is 1. The van der Waals surface area contributed by atoms with Crippen molar-refractivity contribution in [2.24, 2.45) is 5.92 Å². The van der Waals surface area contributed by atoms with Crippen molar-refractivity contribution >= 4 is 12.4 Å². The van der Waals surface area contributed by atoms with E-state index in [1.807, 2.05) is 0 Å². The third-order valence-electron chi connectivity index (χ3n) is 3.01. The van der Waals surface area contributed by atoms with Gasteiger partial charge in [0.1, 0.15) is 0 Å². The molecule has 0 radical (unpaired) electrons. The van der Waals surface area contributed by atoms with Crippen LogP contribution in [0.5, 0.6) is 0 Å². The maximum Gasteiger partial charge on any atom is -0.00173 e. The first-order valence-electron chi connectivity index (χ1n) is 5.61. The predicted octanol–water partition coefficient (Wildman–Crippen LogP) is 2.96. The number of aryl methyl sites for hydroxylation is 1. The number of halogens is 1. The molecule has 1 atom stereocenters. The summed E-state index contributed by atoms with van der Waals surface area (Å²) >= 11 is 0. The molecule has 2 rings (SSSR count). The van der Waals surface area contributed by atoms with Gasteiger partial charge in [-0.3, -0.25) is 0 Å². The van der Waals surface area contributed by atoms with Crippen molar-refractivity contribution in [3.05, 3.63) is 35.4 Å². The van der Waals surface area contributed by atoms with E-state index in [-0.39, 0.29) is 12.4 Å². The lowest BCUT2D eigenvalue weighted by Crippen LogP contribution is -2.30. The second-order valence-corrected chi connectivity index (χ2v) is 4.41. The first kappa shape index (κ1) is 12.5. The van der Waals surface area contributed by atoms with E-state index >= 15 is 0 Å². The van der Waals surface area contributed by atoms with E-state index in [9.17, 15) is 0 Å². The molecule has 1 aliphatic heterocycles. The molecular formula is C13H20ClN. The van der Waals surface area contributed by atoms with E-state index in [0.717, 1.165) is 5.92 Å². The Balaban J connectivity index is 0.00000112. The Labute approximate surface area is 98.7 Å². The molecule has 2 heteroatoms. The van der Waals surface area contributed by atoms with E-state index in [4.69, 9.17) is 0 Å². The summed E-state index contributed by atoms with van der Waals surface area (Å²) in [4.78, 5) is 0. The number of nitrogens with one attached hydrogen (secondary N) is 1. The first-order chi connectivity index (χ1) is 6.84. The number of hydrogen-bond acceptors (Lipinski definition) is 1. The van der Waals surface area contributed by atoms with E-state index in [1.165, 1.54) is 43.5 Å². The first-order valence-corrected chi connectivity index (χ1v) is 5.61. The van der Waals surface area contributed by atoms with Crippen molar-refractivity contribution in [1.29, 1.82) is 0 Å². The van der Waals surface area contributed by atoms with Crippen molar-refractivity contribution < 1.29 is 0 Å². The molecule has 1 unspecified atom stereocenters. The van der Waals surface area contributed by atoms with Crippen molar-refractivity contribution in [1.82, 2.24) is 5.32 Å². The molecule has 0 aromatic heterocycles. The normalized spacial score (nSPS) is 20.7. The van der Waals surface area contributed by atoms with Gasteiger partial charge in [-0.05, 0) is 50.8 Å². The molecule has 1 aromatic rings. The zero-order valence-corrected chi connectivity index (χ0v) is 10.1. The molecule has 0 saturated carbocycles. The molecule has 1 N–H and O–H groups in total. The zero-order chi connectivity index (χ0) is 9.80. The minimum Gasteiger partial charge on any atom is -0.316 e. The Bertz CT molecular complexity index is 292. The highest BCUT2D eigenvalue weighted by molar-refractivity contribution is 5.85. The number of rotatable bonds is 2. The maximum atomic E-state index is 3.47. The van der Waals surface area contributed by atoms with Crippen LogP contribution >= 0.6 is 12.4 Å². The lowest BCUT2D eigenvalue weighted by molar-refractivity contribution is 0.376. The SMILES string of the molecule is Cc1cccc(CC2CCCNC2)c1.Cl. The smallest absolute Gasteiger partial charge is 0.00173 e. The van der Waals surface area contributed by atoms with E-state index in [2.05, 4.69) is 36.5 Å². The summed E-state index contributed by atoms with van der Waals surface area (Å²) in [5, 5.41) is 3.47. The Morgan fingerprint density at radius 2 is 2.27 bits per heavy atom. The van der Waals surface area contributed by atoms with Crippen molar-refractivity contribution in [2.45, 2.75) is 26.2 Å². The van der Waals surface area contributed by atoms with Crippen LogP contribution in [-0.2, 0) is 6.42 Å². The van der Waals surface area contributed by atoms with Crippen LogP contribution < -0.4 is 5.32 Å². The third-order valence-corrected chi connectivity index (χ3v) is 3.01. The molecule has 1 aromatic carbocycles. The highest BCUT2D eigenvalue weighted by Crippen LogP contribution is 2.16. The highest BCUT2D eigenvalue weighted by atomic mass is 35.5. The summed E-state index contributed by atoms with van der Waals surface area (Å²) in [6.07, 6.45) is 3.98. The van der Waals surface area contributed by atoms with E-state index < -0.39 is 0 Å². The second kappa shape index (κ2) is 6.14. The standard InChI is InChI=1S/C13H19N.ClH/c1-11-4-2-5-12(8-11)9-13-6-3-7-14-10-13;/h2,4-5,8,13-14H,3,6-7,9-10H2,1H3;1H. The van der Waals surface area contributed by atoms with Crippen LogP contribution in [0.25, 0.3) is 0 Å². The molecule has 84 valence electrons. The minimum atomic E-state index is 0. The van der Waals surface area contributed by atoms with Gasteiger partial charge in [-0.15, -0.1) is 12.4 Å². The monoisotopic (exact) mass is 225 g/mol. The lowest BCUT2D eigenvalue weighted by Gasteiger charge is -2.22. The van der Waals surface area contributed by atoms with Gasteiger partial charge in [-0.25, -0.2) is 0 Å². The number of hydrogen-bond donors (Lipinski definition) is 1. The lowest BCUT2D eigenvalue weighted by atomic mass is 9.92. The van der Waals surface area contributed by atoms with Crippen LogP contribution in [0.2, 0.25) is 0 Å². The fraction of sp³-hybridized carbons (Fsp3) is 0.538. The van der Waals surface area contributed by atoms with Crippen molar-refractivity contribution in [3.8, 4) is 0 Å². The van der Waals surface area contributed by atoms with Gasteiger partial charge in [-0.2, -0.15) is 0 Å². The Morgan fingerprint density at radius 3 is 2.93 bits per heavy atom. The van der Waals surface area contributed by atoms with Crippen LogP contribution in [-0.4, -0.2) is 13.1 Å². The van der Waals surface area contributed by atoms with Crippen molar-refractivity contribution in [2.75, 3.05) is 13.1 Å². The topological polar surface area (TPSA) is 12.0 Å². The van der Waals surface area contributed by atoms with Gasteiger partial charge >= 0.3 is 0 Å². The van der Waals surface area contributed by atoms with Crippen LogP contribution in [0, 0.1) is 12.8 Å². The average Bonchev–Trinajstić information content (AvgIpc) is 2.19. The molecule has 1 saturated heterocycles. The van der Waals surface area contributed by atoms with Crippen LogP contribution in [0.1, 0.15) is 24.0 Å². The molecular weight excluding hydrogens is 206 g/mol. The largest absolute Gasteiger partial charge is 0.316 e. The van der Waals surface area contributed by atoms with Gasteiger partial charge < -0.3 is 5.32 Å². The highest BCUT2D eigenvalue weighted by Gasteiger charge is 2.12. The average molecular weight is 226 g/mol. The van der Waals surface area contributed by atoms with E-state index in [1.54, 1.807) is 0 Å². The molecule has 1 nitrogen and oxygen atoms in total. The molecule has 0 spiro atoms. The predicted molar refractivity (Wildman–Crippen MR) is 67.7 cm³/mol. The molecule has 0 bridgehead atoms. The van der Waals surface area contributed by atoms with E-state index in [0.29, 0.717) is 0 Å². The minimum absolute atomic E-state index is 0. The summed E-state index contributed by atoms with van der Waals surface area (Å²) in [6.45, 7) is 4.58. The Morgan fingerprint density at radius 1 is 1.40 bits per heavy atom. The molecule has 1 aliphatic rings. The molecule has 1 fully saturated rings. The quantitative estimate of drug-likeness (QED) is 0.816. The van der Waals surface area contributed by atoms with Gasteiger partial charge in [0, 0.05) is 0 Å². The summed E-state index contributed by atoms with van der Waals surface area (Å²) in [6, 6.07) is 8.90. The van der Waals surface area contributed by atoms with Gasteiger partial charge in [0.15, 0.2) is 0 Å². The molecule has 15 heavy (non-hydrogen) atoms. The van der Waals surface area contributed by atoms with Crippen LogP contribution in [0.4, 0.5) is 0 Å². The third kappa shape index (κ3) is 3.84. The summed E-state index contributed by atoms with van der Waals surface area (Å²) < 4.78 is 0. The van der Waals surface area contributed by atoms with Crippen LogP contribution in [0.15, 0.2) is 24.3 Å². The van der Waals surface area contributed by atoms with Gasteiger partial charge in [-0.1, -0.05) is 29.8 Å². The summed E-state index contributed by atoms with van der Waals surface area (Å²) in [7, 11) is 0. The fourth-order valence-corrected chi connectivity index (χ4v) is 2.27. The molecule has 0 amide bonds. The zero-order valence-electron chi connectivity index (χ0n) is 9.33. The van der Waals surface area contributed by atoms with Gasteiger partial charge in [0.2, 0.25) is 0 Å². The van der Waals surface area contributed by atoms with Gasteiger partial charge in [0.25, 0.3) is 0 Å². The second-order valence-electron chi connectivity index (χ2n) is 4.41. The Kier molecular flexibility index (Phi) is 5.13. The Hall–Kier alpha value is -0.530. The van der Waals surface area contributed by atoms with Gasteiger partial charge in [0.05, 0.1) is 0 Å². The van der Waals surface area contributed by atoms with Crippen LogP contribution in [0.3, 0.4) is 0 Å². The molecule has 1 heterocycles. The summed E-state index contributed by atoms with van der Waals surface area (Å²) in [5.74, 6) is 0.852.